The lowest BCUT2D eigenvalue weighted by Gasteiger charge is -2.33. The minimum atomic E-state index is -3.93. The van der Waals surface area contributed by atoms with Crippen LogP contribution in [0.5, 0.6) is 0 Å². The fourth-order valence-corrected chi connectivity index (χ4v) is 5.00. The quantitative estimate of drug-likeness (QED) is 0.384. The molecule has 2 amide bonds. The van der Waals surface area contributed by atoms with Gasteiger partial charge in [-0.1, -0.05) is 66.3 Å². The van der Waals surface area contributed by atoms with E-state index in [1.807, 2.05) is 6.92 Å². The average molecular weight is 583 g/mol. The minimum Gasteiger partial charge on any atom is -0.354 e. The number of carbonyl (C=O) groups is 2. The van der Waals surface area contributed by atoms with E-state index >= 15 is 0 Å². The van der Waals surface area contributed by atoms with Crippen LogP contribution >= 0.6 is 46.4 Å². The van der Waals surface area contributed by atoms with Gasteiger partial charge in [-0.15, -0.1) is 0 Å². The average Bonchev–Trinajstić information content (AvgIpc) is 2.79. The molecule has 1 atom stereocenters. The molecule has 0 heterocycles. The van der Waals surface area contributed by atoms with E-state index in [9.17, 15) is 18.0 Å². The van der Waals surface area contributed by atoms with Gasteiger partial charge in [-0.3, -0.25) is 13.9 Å². The van der Waals surface area contributed by atoms with Crippen molar-refractivity contribution in [3.8, 4) is 0 Å². The molecule has 0 aliphatic rings. The summed E-state index contributed by atoms with van der Waals surface area (Å²) in [6.07, 6.45) is 1.99. The first kappa shape index (κ1) is 29.5. The summed E-state index contributed by atoms with van der Waals surface area (Å²) >= 11 is 24.5. The van der Waals surface area contributed by atoms with E-state index < -0.39 is 28.5 Å². The van der Waals surface area contributed by atoms with Crippen molar-refractivity contribution in [2.24, 2.45) is 0 Å². The SMILES string of the molecule is CCCNC(=O)C(CC)N(Cc1ccc(Cl)c(Cl)c1)C(=O)CN(c1cc(Cl)ccc1Cl)S(C)(=O)=O. The van der Waals surface area contributed by atoms with Crippen LogP contribution in [0.15, 0.2) is 36.4 Å². The molecule has 1 unspecified atom stereocenters. The summed E-state index contributed by atoms with van der Waals surface area (Å²) in [5.41, 5.74) is 0.689. The highest BCUT2D eigenvalue weighted by Crippen LogP contribution is 2.31. The van der Waals surface area contributed by atoms with Gasteiger partial charge in [0.25, 0.3) is 0 Å². The number of hydrogen-bond donors (Lipinski definition) is 1. The Hall–Kier alpha value is -1.71. The molecule has 0 spiro atoms. The number of carbonyl (C=O) groups excluding carboxylic acids is 2. The normalized spacial score (nSPS) is 12.2. The van der Waals surface area contributed by atoms with Crippen LogP contribution in [0.3, 0.4) is 0 Å². The van der Waals surface area contributed by atoms with E-state index in [0.717, 1.165) is 17.0 Å². The highest BCUT2D eigenvalue weighted by molar-refractivity contribution is 7.92. The second kappa shape index (κ2) is 13.0. The fraction of sp³-hybridized carbons (Fsp3) is 0.391. The number of rotatable bonds is 11. The number of nitrogens with zero attached hydrogens (tertiary/aromatic N) is 2. The van der Waals surface area contributed by atoms with Crippen molar-refractivity contribution in [3.05, 3.63) is 62.1 Å². The van der Waals surface area contributed by atoms with Gasteiger partial charge in [-0.25, -0.2) is 8.42 Å². The Balaban J connectivity index is 2.49. The van der Waals surface area contributed by atoms with Crippen LogP contribution in [0.4, 0.5) is 5.69 Å². The predicted octanol–water partition coefficient (Wildman–Crippen LogP) is 5.40. The van der Waals surface area contributed by atoms with Gasteiger partial charge in [0.1, 0.15) is 12.6 Å². The van der Waals surface area contributed by atoms with Crippen molar-refractivity contribution < 1.29 is 18.0 Å². The third-order valence-corrected chi connectivity index (χ3v) is 7.55. The Labute approximate surface area is 226 Å². The third kappa shape index (κ3) is 8.15. The zero-order valence-corrected chi connectivity index (χ0v) is 23.4. The molecule has 0 aliphatic carbocycles. The maximum Gasteiger partial charge on any atom is 0.244 e. The number of sulfonamides is 1. The molecule has 0 radical (unpaired) electrons. The topological polar surface area (TPSA) is 86.8 Å². The summed E-state index contributed by atoms with van der Waals surface area (Å²) in [6, 6.07) is 8.36. The summed E-state index contributed by atoms with van der Waals surface area (Å²) in [4.78, 5) is 27.9. The standard InChI is InChI=1S/C23H27Cl4N3O4S/c1-4-10-28-23(32)20(5-2)29(13-15-6-8-17(25)19(27)11-15)22(31)14-30(35(3,33)34)21-12-16(24)7-9-18(21)26/h6-9,11-12,20H,4-5,10,13-14H2,1-3H3,(H,28,32). The smallest absolute Gasteiger partial charge is 0.244 e. The van der Waals surface area contributed by atoms with Gasteiger partial charge in [0.2, 0.25) is 21.8 Å². The van der Waals surface area contributed by atoms with Gasteiger partial charge in [0.15, 0.2) is 0 Å². The lowest BCUT2D eigenvalue weighted by molar-refractivity contribution is -0.140. The number of halogens is 4. The molecule has 35 heavy (non-hydrogen) atoms. The Morgan fingerprint density at radius 3 is 2.20 bits per heavy atom. The number of amides is 2. The molecule has 0 aliphatic heterocycles. The first-order valence-corrected chi connectivity index (χ1v) is 14.2. The van der Waals surface area contributed by atoms with E-state index in [2.05, 4.69) is 5.32 Å². The Kier molecular flexibility index (Phi) is 11.0. The molecule has 0 bridgehead atoms. The lowest BCUT2D eigenvalue weighted by atomic mass is 10.1. The first-order chi connectivity index (χ1) is 16.4. The number of anilines is 1. The van der Waals surface area contributed by atoms with Gasteiger partial charge in [-0.2, -0.15) is 0 Å². The molecular weight excluding hydrogens is 556 g/mol. The van der Waals surface area contributed by atoms with Crippen molar-refractivity contribution in [2.75, 3.05) is 23.7 Å². The zero-order valence-electron chi connectivity index (χ0n) is 19.5. The molecule has 2 aromatic carbocycles. The highest BCUT2D eigenvalue weighted by Gasteiger charge is 2.32. The zero-order chi connectivity index (χ0) is 26.3. The molecule has 7 nitrogen and oxygen atoms in total. The van der Waals surface area contributed by atoms with Gasteiger partial charge in [-0.05, 0) is 48.7 Å². The van der Waals surface area contributed by atoms with Crippen LogP contribution in [-0.2, 0) is 26.2 Å². The van der Waals surface area contributed by atoms with Crippen LogP contribution in [-0.4, -0.2) is 50.5 Å². The molecule has 1 N–H and O–H groups in total. The fourth-order valence-electron chi connectivity index (χ4n) is 3.39. The second-order valence-electron chi connectivity index (χ2n) is 7.85. The van der Waals surface area contributed by atoms with Crippen LogP contribution in [0.2, 0.25) is 20.1 Å². The predicted molar refractivity (Wildman–Crippen MR) is 143 cm³/mol. The molecule has 0 saturated heterocycles. The third-order valence-electron chi connectivity index (χ3n) is 5.13. The van der Waals surface area contributed by atoms with Gasteiger partial charge >= 0.3 is 0 Å². The van der Waals surface area contributed by atoms with E-state index in [4.69, 9.17) is 46.4 Å². The van der Waals surface area contributed by atoms with Crippen molar-refractivity contribution in [3.63, 3.8) is 0 Å². The van der Waals surface area contributed by atoms with Gasteiger partial charge < -0.3 is 10.2 Å². The Bertz CT molecular complexity index is 1180. The van der Waals surface area contributed by atoms with Crippen molar-refractivity contribution >= 4 is 73.9 Å². The molecule has 0 saturated carbocycles. The minimum absolute atomic E-state index is 0.00859. The van der Waals surface area contributed by atoms with Crippen molar-refractivity contribution in [1.82, 2.24) is 10.2 Å². The number of nitrogens with one attached hydrogen (secondary N) is 1. The Morgan fingerprint density at radius 1 is 0.971 bits per heavy atom. The molecule has 0 fully saturated rings. The summed E-state index contributed by atoms with van der Waals surface area (Å²) in [7, 11) is -3.93. The maximum absolute atomic E-state index is 13.6. The monoisotopic (exact) mass is 581 g/mol. The second-order valence-corrected chi connectivity index (χ2v) is 11.4. The summed E-state index contributed by atoms with van der Waals surface area (Å²) in [5.74, 6) is -0.939. The maximum atomic E-state index is 13.6. The van der Waals surface area contributed by atoms with Gasteiger partial charge in [0, 0.05) is 18.1 Å². The molecule has 2 aromatic rings. The highest BCUT2D eigenvalue weighted by atomic mass is 35.5. The molecule has 2 rings (SSSR count). The molecular formula is C23H27Cl4N3O4S. The Morgan fingerprint density at radius 2 is 1.63 bits per heavy atom. The van der Waals surface area contributed by atoms with Crippen molar-refractivity contribution in [1.29, 1.82) is 0 Å². The van der Waals surface area contributed by atoms with Crippen molar-refractivity contribution in [2.45, 2.75) is 39.3 Å². The van der Waals surface area contributed by atoms with E-state index in [-0.39, 0.29) is 28.2 Å². The summed E-state index contributed by atoms with van der Waals surface area (Å²) in [6.45, 7) is 3.55. The van der Waals surface area contributed by atoms with E-state index in [0.29, 0.717) is 28.6 Å². The number of benzene rings is 2. The summed E-state index contributed by atoms with van der Waals surface area (Å²) < 4.78 is 26.2. The number of hydrogen-bond acceptors (Lipinski definition) is 4. The van der Waals surface area contributed by atoms with Gasteiger partial charge in [0.05, 0.1) is 27.0 Å². The van der Waals surface area contributed by atoms with Crippen LogP contribution in [0, 0.1) is 0 Å². The molecule has 0 aromatic heterocycles. The van der Waals surface area contributed by atoms with Crippen LogP contribution < -0.4 is 9.62 Å². The first-order valence-electron chi connectivity index (χ1n) is 10.8. The molecule has 192 valence electrons. The lowest BCUT2D eigenvalue weighted by Crippen LogP contribution is -2.52. The van der Waals surface area contributed by atoms with E-state index in [1.54, 1.807) is 25.1 Å². The largest absolute Gasteiger partial charge is 0.354 e. The summed E-state index contributed by atoms with van der Waals surface area (Å²) in [5, 5.41) is 3.81. The van der Waals surface area contributed by atoms with Crippen LogP contribution in [0.1, 0.15) is 32.3 Å². The van der Waals surface area contributed by atoms with E-state index in [1.165, 1.54) is 23.1 Å². The van der Waals surface area contributed by atoms with Crippen LogP contribution in [0.25, 0.3) is 0 Å². The molecule has 12 heteroatoms.